The van der Waals surface area contributed by atoms with Crippen LogP contribution in [0.15, 0.2) is 28.7 Å². The van der Waals surface area contributed by atoms with Gasteiger partial charge in [0.15, 0.2) is 0 Å². The Hall–Kier alpha value is -1.36. The van der Waals surface area contributed by atoms with E-state index in [-0.39, 0.29) is 17.9 Å². The summed E-state index contributed by atoms with van der Waals surface area (Å²) in [5, 5.41) is 9.20. The van der Waals surface area contributed by atoms with E-state index in [1.807, 2.05) is 38.1 Å². The molecule has 4 nitrogen and oxygen atoms in total. The van der Waals surface area contributed by atoms with Gasteiger partial charge in [0.25, 0.3) is 0 Å². The van der Waals surface area contributed by atoms with Crippen molar-refractivity contribution in [2.75, 3.05) is 6.54 Å². The average molecular weight is 368 g/mol. The molecule has 1 saturated heterocycles. The standard InChI is InChI=1S/C17H22BrNO3/c1-3-13(9-12-5-4-6-14(18)10-12)16(20)19-8-7-15(11(19)2)17(21)22/h4-6,10-11,13,15H,3,7-9H2,1-2H3,(H,21,22). The van der Waals surface area contributed by atoms with Crippen LogP contribution in [0.3, 0.4) is 0 Å². The van der Waals surface area contributed by atoms with Crippen molar-refractivity contribution in [3.63, 3.8) is 0 Å². The Morgan fingerprint density at radius 3 is 2.73 bits per heavy atom. The lowest BCUT2D eigenvalue weighted by Crippen LogP contribution is -2.41. The molecule has 120 valence electrons. The molecule has 1 heterocycles. The van der Waals surface area contributed by atoms with E-state index < -0.39 is 11.9 Å². The first-order valence-electron chi connectivity index (χ1n) is 7.71. The first kappa shape index (κ1) is 17.0. The zero-order chi connectivity index (χ0) is 16.3. The van der Waals surface area contributed by atoms with E-state index in [0.29, 0.717) is 19.4 Å². The van der Waals surface area contributed by atoms with Gasteiger partial charge in [-0.25, -0.2) is 0 Å². The summed E-state index contributed by atoms with van der Waals surface area (Å²) >= 11 is 3.45. The van der Waals surface area contributed by atoms with E-state index >= 15 is 0 Å². The quantitative estimate of drug-likeness (QED) is 0.867. The van der Waals surface area contributed by atoms with Crippen molar-refractivity contribution >= 4 is 27.8 Å². The first-order chi connectivity index (χ1) is 10.4. The maximum atomic E-state index is 12.8. The molecule has 5 heteroatoms. The fraction of sp³-hybridized carbons (Fsp3) is 0.529. The van der Waals surface area contributed by atoms with Gasteiger partial charge in [0.05, 0.1) is 5.92 Å². The van der Waals surface area contributed by atoms with Gasteiger partial charge < -0.3 is 10.0 Å². The molecule has 2 rings (SSSR count). The van der Waals surface area contributed by atoms with Crippen LogP contribution in [0.2, 0.25) is 0 Å². The average Bonchev–Trinajstić information content (AvgIpc) is 2.86. The third kappa shape index (κ3) is 3.69. The predicted molar refractivity (Wildman–Crippen MR) is 88.5 cm³/mol. The van der Waals surface area contributed by atoms with E-state index in [2.05, 4.69) is 15.9 Å². The second-order valence-electron chi connectivity index (χ2n) is 5.94. The molecular formula is C17H22BrNO3. The number of carbonyl (C=O) groups is 2. The van der Waals surface area contributed by atoms with Crippen LogP contribution in [0.4, 0.5) is 0 Å². The lowest BCUT2D eigenvalue weighted by Gasteiger charge is -2.27. The second-order valence-corrected chi connectivity index (χ2v) is 6.86. The lowest BCUT2D eigenvalue weighted by molar-refractivity contribution is -0.143. The summed E-state index contributed by atoms with van der Waals surface area (Å²) in [4.78, 5) is 25.7. The zero-order valence-corrected chi connectivity index (χ0v) is 14.5. The summed E-state index contributed by atoms with van der Waals surface area (Å²) in [7, 11) is 0. The summed E-state index contributed by atoms with van der Waals surface area (Å²) < 4.78 is 1.01. The summed E-state index contributed by atoms with van der Waals surface area (Å²) in [6.07, 6.45) is 2.00. The fourth-order valence-electron chi connectivity index (χ4n) is 3.17. The second kappa shape index (κ2) is 7.27. The summed E-state index contributed by atoms with van der Waals surface area (Å²) in [6, 6.07) is 7.76. The van der Waals surface area contributed by atoms with E-state index in [0.717, 1.165) is 16.5 Å². The van der Waals surface area contributed by atoms with Crippen molar-refractivity contribution < 1.29 is 14.7 Å². The Morgan fingerprint density at radius 2 is 2.18 bits per heavy atom. The molecule has 0 radical (unpaired) electrons. The number of carbonyl (C=O) groups excluding carboxylic acids is 1. The summed E-state index contributed by atoms with van der Waals surface area (Å²) in [5.74, 6) is -1.25. The molecule has 0 bridgehead atoms. The molecule has 3 unspecified atom stereocenters. The topological polar surface area (TPSA) is 57.6 Å². The van der Waals surface area contributed by atoms with Gasteiger partial charge in [-0.3, -0.25) is 9.59 Å². The molecule has 3 atom stereocenters. The molecule has 0 spiro atoms. The highest BCUT2D eigenvalue weighted by molar-refractivity contribution is 9.10. The minimum absolute atomic E-state index is 0.0822. The van der Waals surface area contributed by atoms with Crippen LogP contribution < -0.4 is 0 Å². The van der Waals surface area contributed by atoms with Crippen LogP contribution in [0.25, 0.3) is 0 Å². The molecule has 1 amide bonds. The van der Waals surface area contributed by atoms with E-state index in [4.69, 9.17) is 0 Å². The number of hydrogen-bond donors (Lipinski definition) is 1. The van der Waals surface area contributed by atoms with E-state index in [1.54, 1.807) is 4.90 Å². The van der Waals surface area contributed by atoms with Gasteiger partial charge in [-0.15, -0.1) is 0 Å². The minimum atomic E-state index is -0.803. The zero-order valence-electron chi connectivity index (χ0n) is 13.0. The van der Waals surface area contributed by atoms with Crippen LogP contribution >= 0.6 is 15.9 Å². The highest BCUT2D eigenvalue weighted by Crippen LogP contribution is 2.28. The number of carboxylic acid groups (broad SMARTS) is 1. The predicted octanol–water partition coefficient (Wildman–Crippen LogP) is 3.34. The van der Waals surface area contributed by atoms with Crippen molar-refractivity contribution in [2.45, 2.75) is 39.2 Å². The first-order valence-corrected chi connectivity index (χ1v) is 8.51. The lowest BCUT2D eigenvalue weighted by atomic mass is 9.95. The third-order valence-electron chi connectivity index (χ3n) is 4.57. The third-order valence-corrected chi connectivity index (χ3v) is 5.06. The maximum absolute atomic E-state index is 12.8. The molecule has 1 fully saturated rings. The number of amides is 1. The Bertz CT molecular complexity index is 561. The molecule has 1 aromatic rings. The fourth-order valence-corrected chi connectivity index (χ4v) is 3.62. The van der Waals surface area contributed by atoms with Crippen molar-refractivity contribution in [3.8, 4) is 0 Å². The number of benzene rings is 1. The van der Waals surface area contributed by atoms with Crippen LogP contribution in [0.1, 0.15) is 32.3 Å². The number of aliphatic carboxylic acids is 1. The molecule has 1 aliphatic rings. The maximum Gasteiger partial charge on any atom is 0.308 e. The number of carboxylic acids is 1. The van der Waals surface area contributed by atoms with Crippen molar-refractivity contribution in [1.82, 2.24) is 4.90 Å². The number of likely N-dealkylation sites (tertiary alicyclic amines) is 1. The Morgan fingerprint density at radius 1 is 1.45 bits per heavy atom. The van der Waals surface area contributed by atoms with Gasteiger partial charge in [0.2, 0.25) is 5.91 Å². The number of nitrogens with zero attached hydrogens (tertiary/aromatic N) is 1. The molecular weight excluding hydrogens is 346 g/mol. The molecule has 0 saturated carbocycles. The van der Waals surface area contributed by atoms with Gasteiger partial charge in [0.1, 0.15) is 0 Å². The van der Waals surface area contributed by atoms with Crippen molar-refractivity contribution in [2.24, 2.45) is 11.8 Å². The smallest absolute Gasteiger partial charge is 0.308 e. The SMILES string of the molecule is CCC(Cc1cccc(Br)c1)C(=O)N1CCC(C(=O)O)C1C. The molecule has 0 aromatic heterocycles. The highest BCUT2D eigenvalue weighted by Gasteiger charge is 2.39. The monoisotopic (exact) mass is 367 g/mol. The van der Waals surface area contributed by atoms with E-state index in [1.165, 1.54) is 0 Å². The van der Waals surface area contributed by atoms with Gasteiger partial charge in [0, 0.05) is 23.0 Å². The Kier molecular flexibility index (Phi) is 5.62. The number of hydrogen-bond acceptors (Lipinski definition) is 2. The van der Waals surface area contributed by atoms with Crippen LogP contribution in [0, 0.1) is 11.8 Å². The van der Waals surface area contributed by atoms with Gasteiger partial charge >= 0.3 is 5.97 Å². The Labute approximate surface area is 139 Å². The summed E-state index contributed by atoms with van der Waals surface area (Å²) in [5.41, 5.74) is 1.12. The molecule has 22 heavy (non-hydrogen) atoms. The number of halogens is 1. The van der Waals surface area contributed by atoms with Gasteiger partial charge in [-0.05, 0) is 43.9 Å². The van der Waals surface area contributed by atoms with Crippen LogP contribution in [0.5, 0.6) is 0 Å². The van der Waals surface area contributed by atoms with E-state index in [9.17, 15) is 14.7 Å². The van der Waals surface area contributed by atoms with Crippen LogP contribution in [-0.4, -0.2) is 34.5 Å². The minimum Gasteiger partial charge on any atom is -0.481 e. The molecule has 0 aliphatic carbocycles. The normalized spacial score (nSPS) is 22.6. The summed E-state index contributed by atoms with van der Waals surface area (Å²) in [6.45, 7) is 4.40. The molecule has 1 N–H and O–H groups in total. The molecule has 1 aliphatic heterocycles. The Balaban J connectivity index is 2.08. The van der Waals surface area contributed by atoms with Gasteiger partial charge in [-0.2, -0.15) is 0 Å². The molecule has 1 aromatic carbocycles. The largest absolute Gasteiger partial charge is 0.481 e. The van der Waals surface area contributed by atoms with Crippen molar-refractivity contribution in [1.29, 1.82) is 0 Å². The van der Waals surface area contributed by atoms with Crippen LogP contribution in [-0.2, 0) is 16.0 Å². The number of rotatable bonds is 5. The van der Waals surface area contributed by atoms with Crippen molar-refractivity contribution in [3.05, 3.63) is 34.3 Å². The highest BCUT2D eigenvalue weighted by atomic mass is 79.9. The van der Waals surface area contributed by atoms with Gasteiger partial charge in [-0.1, -0.05) is 35.0 Å².